The van der Waals surface area contributed by atoms with Crippen LogP contribution in [-0.2, 0) is 4.74 Å². The molecule has 3 heterocycles. The Morgan fingerprint density at radius 3 is 2.88 bits per heavy atom. The highest BCUT2D eigenvalue weighted by atomic mass is 35.5. The molecule has 25 heavy (non-hydrogen) atoms. The van der Waals surface area contributed by atoms with Gasteiger partial charge in [-0.25, -0.2) is 14.3 Å². The van der Waals surface area contributed by atoms with Crippen LogP contribution < -0.4 is 0 Å². The number of nitrogens with zero attached hydrogens (tertiary/aromatic N) is 3. The van der Waals surface area contributed by atoms with Crippen molar-refractivity contribution in [1.29, 1.82) is 0 Å². The molecule has 1 aliphatic carbocycles. The molecule has 0 radical (unpaired) electrons. The maximum atomic E-state index is 11.7. The van der Waals surface area contributed by atoms with E-state index in [2.05, 4.69) is 10.1 Å². The van der Waals surface area contributed by atoms with E-state index in [4.69, 9.17) is 16.3 Å². The lowest BCUT2D eigenvalue weighted by atomic mass is 10.0. The Morgan fingerprint density at radius 2 is 2.16 bits per heavy atom. The molecule has 0 amide bonds. The van der Waals surface area contributed by atoms with Gasteiger partial charge in [0.05, 0.1) is 29.0 Å². The van der Waals surface area contributed by atoms with Gasteiger partial charge in [0, 0.05) is 17.7 Å². The first-order valence-electron chi connectivity index (χ1n) is 7.99. The molecule has 7 heteroatoms. The molecule has 0 aromatic carbocycles. The van der Waals surface area contributed by atoms with Crippen LogP contribution in [0.25, 0.3) is 5.52 Å². The molecule has 3 aromatic rings. The van der Waals surface area contributed by atoms with Crippen molar-refractivity contribution in [3.05, 3.63) is 64.2 Å². The number of halogens is 1. The van der Waals surface area contributed by atoms with Crippen molar-refractivity contribution in [1.82, 2.24) is 14.6 Å². The first-order chi connectivity index (χ1) is 12.1. The third-order valence-corrected chi connectivity index (χ3v) is 4.57. The van der Waals surface area contributed by atoms with Gasteiger partial charge in [0.2, 0.25) is 0 Å². The molecule has 0 aliphatic heterocycles. The molecule has 1 saturated carbocycles. The van der Waals surface area contributed by atoms with Gasteiger partial charge < -0.3 is 9.84 Å². The topological polar surface area (TPSA) is 76.7 Å². The largest absolute Gasteiger partial charge is 0.464 e. The van der Waals surface area contributed by atoms with E-state index in [0.717, 1.165) is 24.1 Å². The molecule has 3 aromatic heterocycles. The number of esters is 1. The summed E-state index contributed by atoms with van der Waals surface area (Å²) in [5, 5.41) is 16.2. The zero-order chi connectivity index (χ0) is 17.6. The van der Waals surface area contributed by atoms with Crippen LogP contribution in [0.1, 0.15) is 52.3 Å². The predicted molar refractivity (Wildman–Crippen MR) is 91.8 cm³/mol. The molecule has 128 valence electrons. The van der Waals surface area contributed by atoms with Crippen molar-refractivity contribution in [2.75, 3.05) is 7.11 Å². The van der Waals surface area contributed by atoms with Gasteiger partial charge >= 0.3 is 5.97 Å². The number of hydrogen-bond donors (Lipinski definition) is 1. The predicted octanol–water partition coefficient (Wildman–Crippen LogP) is 3.13. The molecule has 0 spiro atoms. The standard InChI is InChI=1S/C18H16ClN3O3/c1-25-18(24)13-4-2-3-12(20-13)17(23)15-14-8-7-11(19)9-22(14)21-16(15)10-5-6-10/h2-4,7-10,17,23H,5-6H2,1H3. The zero-order valence-electron chi connectivity index (χ0n) is 13.5. The van der Waals surface area contributed by atoms with Gasteiger partial charge in [-0.05, 0) is 37.1 Å². The zero-order valence-corrected chi connectivity index (χ0v) is 14.3. The highest BCUT2D eigenvalue weighted by Gasteiger charge is 2.33. The fourth-order valence-corrected chi connectivity index (χ4v) is 3.13. The maximum Gasteiger partial charge on any atom is 0.356 e. The minimum absolute atomic E-state index is 0.159. The second-order valence-electron chi connectivity index (χ2n) is 6.09. The van der Waals surface area contributed by atoms with E-state index >= 15 is 0 Å². The summed E-state index contributed by atoms with van der Waals surface area (Å²) in [6.45, 7) is 0. The lowest BCUT2D eigenvalue weighted by Crippen LogP contribution is -2.10. The number of aliphatic hydroxyl groups is 1. The van der Waals surface area contributed by atoms with Gasteiger partial charge in [-0.1, -0.05) is 17.7 Å². The van der Waals surface area contributed by atoms with Crippen molar-refractivity contribution in [3.8, 4) is 0 Å². The maximum absolute atomic E-state index is 11.7. The smallest absolute Gasteiger partial charge is 0.356 e. The SMILES string of the molecule is COC(=O)c1cccc(C(O)c2c(C3CC3)nn3cc(Cl)ccc23)n1. The average molecular weight is 358 g/mol. The lowest BCUT2D eigenvalue weighted by molar-refractivity contribution is 0.0593. The van der Waals surface area contributed by atoms with E-state index < -0.39 is 12.1 Å². The highest BCUT2D eigenvalue weighted by molar-refractivity contribution is 6.30. The van der Waals surface area contributed by atoms with Crippen LogP contribution in [0.2, 0.25) is 5.02 Å². The molecule has 1 atom stereocenters. The van der Waals surface area contributed by atoms with Crippen molar-refractivity contribution in [2.24, 2.45) is 0 Å². The Morgan fingerprint density at radius 1 is 1.36 bits per heavy atom. The van der Waals surface area contributed by atoms with E-state index in [1.54, 1.807) is 35.0 Å². The van der Waals surface area contributed by atoms with Crippen LogP contribution in [0.4, 0.5) is 0 Å². The second-order valence-corrected chi connectivity index (χ2v) is 6.53. The number of methoxy groups -OCH3 is 1. The number of pyridine rings is 2. The Hall–Kier alpha value is -2.44. The Labute approximate surface area is 149 Å². The van der Waals surface area contributed by atoms with Crippen molar-refractivity contribution >= 4 is 23.1 Å². The summed E-state index contributed by atoms with van der Waals surface area (Å²) in [5.41, 5.74) is 2.90. The lowest BCUT2D eigenvalue weighted by Gasteiger charge is -2.12. The van der Waals surface area contributed by atoms with Gasteiger partial charge in [0.25, 0.3) is 0 Å². The summed E-state index contributed by atoms with van der Waals surface area (Å²) >= 11 is 6.06. The summed E-state index contributed by atoms with van der Waals surface area (Å²) in [7, 11) is 1.30. The van der Waals surface area contributed by atoms with Crippen LogP contribution in [0.5, 0.6) is 0 Å². The summed E-state index contributed by atoms with van der Waals surface area (Å²) < 4.78 is 6.40. The summed E-state index contributed by atoms with van der Waals surface area (Å²) in [5.74, 6) is -0.199. The third-order valence-electron chi connectivity index (χ3n) is 4.34. The van der Waals surface area contributed by atoms with Gasteiger partial charge in [-0.15, -0.1) is 0 Å². The molecular formula is C18H16ClN3O3. The number of carbonyl (C=O) groups excluding carboxylic acids is 1. The highest BCUT2D eigenvalue weighted by Crippen LogP contribution is 2.44. The molecule has 4 rings (SSSR count). The molecule has 1 unspecified atom stereocenters. The van der Waals surface area contributed by atoms with Crippen LogP contribution in [0, 0.1) is 0 Å². The van der Waals surface area contributed by atoms with Crippen LogP contribution in [-0.4, -0.2) is 32.8 Å². The van der Waals surface area contributed by atoms with E-state index in [1.807, 2.05) is 6.07 Å². The van der Waals surface area contributed by atoms with E-state index in [1.165, 1.54) is 7.11 Å². The number of carbonyl (C=O) groups is 1. The summed E-state index contributed by atoms with van der Waals surface area (Å²) in [6.07, 6.45) is 2.83. The van der Waals surface area contributed by atoms with Gasteiger partial charge in [0.15, 0.2) is 0 Å². The van der Waals surface area contributed by atoms with E-state index in [-0.39, 0.29) is 5.69 Å². The number of aromatic nitrogens is 3. The number of fused-ring (bicyclic) bond motifs is 1. The molecule has 1 N–H and O–H groups in total. The minimum Gasteiger partial charge on any atom is -0.464 e. The molecule has 0 saturated heterocycles. The monoisotopic (exact) mass is 357 g/mol. The van der Waals surface area contributed by atoms with Gasteiger partial charge in [-0.2, -0.15) is 5.10 Å². The van der Waals surface area contributed by atoms with Crippen molar-refractivity contribution in [3.63, 3.8) is 0 Å². The molecule has 6 nitrogen and oxygen atoms in total. The quantitative estimate of drug-likeness (QED) is 0.726. The van der Waals surface area contributed by atoms with E-state index in [0.29, 0.717) is 22.2 Å². The molecule has 1 fully saturated rings. The first-order valence-corrected chi connectivity index (χ1v) is 8.37. The normalized spacial score (nSPS) is 15.3. The van der Waals surface area contributed by atoms with Gasteiger partial charge in [0.1, 0.15) is 11.8 Å². The Bertz CT molecular complexity index is 965. The minimum atomic E-state index is -0.987. The Kier molecular flexibility index (Phi) is 3.94. The van der Waals surface area contributed by atoms with Gasteiger partial charge in [-0.3, -0.25) is 0 Å². The number of aliphatic hydroxyl groups excluding tert-OH is 1. The van der Waals surface area contributed by atoms with Crippen molar-refractivity contribution in [2.45, 2.75) is 24.9 Å². The van der Waals surface area contributed by atoms with Crippen LogP contribution in [0.15, 0.2) is 36.5 Å². The first kappa shape index (κ1) is 16.1. The number of ether oxygens (including phenoxy) is 1. The van der Waals surface area contributed by atoms with E-state index in [9.17, 15) is 9.90 Å². The number of rotatable bonds is 4. The number of hydrogen-bond acceptors (Lipinski definition) is 5. The Balaban J connectivity index is 1.83. The summed E-state index contributed by atoms with van der Waals surface area (Å²) in [6, 6.07) is 8.53. The van der Waals surface area contributed by atoms with Crippen LogP contribution in [0.3, 0.4) is 0 Å². The molecular weight excluding hydrogens is 342 g/mol. The fraction of sp³-hybridized carbons (Fsp3) is 0.278. The second kappa shape index (κ2) is 6.13. The van der Waals surface area contributed by atoms with Crippen molar-refractivity contribution < 1.29 is 14.6 Å². The van der Waals surface area contributed by atoms with Crippen LogP contribution >= 0.6 is 11.6 Å². The average Bonchev–Trinajstić information content (AvgIpc) is 3.41. The molecule has 0 bridgehead atoms. The molecule has 1 aliphatic rings. The summed E-state index contributed by atoms with van der Waals surface area (Å²) in [4.78, 5) is 16.0. The third kappa shape index (κ3) is 2.88. The fourth-order valence-electron chi connectivity index (χ4n) is 2.97.